The average Bonchev–Trinajstić information content (AvgIpc) is 2.31. The molecule has 1 rings (SSSR count). The van der Waals surface area contributed by atoms with Crippen molar-refractivity contribution in [1.82, 2.24) is 9.55 Å². The Balaban J connectivity index is 3.08. The quantitative estimate of drug-likeness (QED) is 0.815. The molecule has 1 heterocycles. The van der Waals surface area contributed by atoms with Gasteiger partial charge in [0.05, 0.1) is 12.1 Å². The van der Waals surface area contributed by atoms with Crippen molar-refractivity contribution in [1.29, 1.82) is 0 Å². The molecule has 0 aromatic carbocycles. The number of aromatic nitrogens is 2. The molecule has 0 aliphatic carbocycles. The van der Waals surface area contributed by atoms with Gasteiger partial charge in [-0.15, -0.1) is 0 Å². The summed E-state index contributed by atoms with van der Waals surface area (Å²) in [5, 5.41) is 12.3. The van der Waals surface area contributed by atoms with Crippen LogP contribution in [0.5, 0.6) is 0 Å². The molecule has 17 heavy (non-hydrogen) atoms. The molecule has 0 spiro atoms. The van der Waals surface area contributed by atoms with Crippen molar-refractivity contribution >= 4 is 5.82 Å². The van der Waals surface area contributed by atoms with E-state index >= 15 is 0 Å². The summed E-state index contributed by atoms with van der Waals surface area (Å²) in [5.74, 6) is 0.291. The lowest BCUT2D eigenvalue weighted by molar-refractivity contribution is 0.218. The van der Waals surface area contributed by atoms with Gasteiger partial charge in [0.2, 0.25) is 0 Å². The molecule has 2 N–H and O–H groups in total. The predicted octanol–water partition coefficient (Wildman–Crippen LogP) is 1.40. The van der Waals surface area contributed by atoms with Gasteiger partial charge in [0, 0.05) is 18.4 Å². The van der Waals surface area contributed by atoms with Gasteiger partial charge in [-0.3, -0.25) is 4.79 Å². The van der Waals surface area contributed by atoms with Gasteiger partial charge in [-0.05, 0) is 27.2 Å². The average molecular weight is 239 g/mol. The highest BCUT2D eigenvalue weighted by Gasteiger charge is 2.22. The van der Waals surface area contributed by atoms with E-state index in [-0.39, 0.29) is 18.2 Å². The summed E-state index contributed by atoms with van der Waals surface area (Å²) in [6, 6.07) is 0.0908. The summed E-state index contributed by atoms with van der Waals surface area (Å²) in [6.07, 6.45) is 3.97. The zero-order chi connectivity index (χ0) is 13.1. The van der Waals surface area contributed by atoms with Crippen LogP contribution in [0.25, 0.3) is 0 Å². The van der Waals surface area contributed by atoms with Crippen LogP contribution in [0.3, 0.4) is 0 Å². The second-order valence-corrected chi connectivity index (χ2v) is 4.78. The van der Waals surface area contributed by atoms with E-state index in [0.717, 1.165) is 0 Å². The van der Waals surface area contributed by atoms with Crippen molar-refractivity contribution < 1.29 is 5.11 Å². The fourth-order valence-electron chi connectivity index (χ4n) is 1.44. The summed E-state index contributed by atoms with van der Waals surface area (Å²) >= 11 is 0. The lowest BCUT2D eigenvalue weighted by atomic mass is 10.0. The molecule has 0 fully saturated rings. The van der Waals surface area contributed by atoms with Gasteiger partial charge in [-0.25, -0.2) is 4.98 Å². The number of aliphatic hydroxyl groups excluding tert-OH is 1. The Morgan fingerprint density at radius 3 is 2.71 bits per heavy atom. The lowest BCUT2D eigenvalue weighted by Gasteiger charge is -2.27. The van der Waals surface area contributed by atoms with E-state index < -0.39 is 5.54 Å². The van der Waals surface area contributed by atoms with E-state index in [1.165, 1.54) is 0 Å². The first-order valence-electron chi connectivity index (χ1n) is 5.89. The van der Waals surface area contributed by atoms with Crippen LogP contribution in [0.4, 0.5) is 5.82 Å². The molecule has 5 heteroatoms. The molecule has 0 aliphatic rings. The highest BCUT2D eigenvalue weighted by molar-refractivity contribution is 5.34. The topological polar surface area (TPSA) is 67.2 Å². The maximum atomic E-state index is 12.1. The maximum Gasteiger partial charge on any atom is 0.293 e. The van der Waals surface area contributed by atoms with Crippen molar-refractivity contribution in [2.75, 3.05) is 11.9 Å². The standard InChI is InChI=1S/C12H21N3O2/c1-5-12(4,8-16)14-10-11(17)15(9(2)3)7-6-13-10/h6-7,9,16H,5,8H2,1-4H3,(H,13,14). The first-order chi connectivity index (χ1) is 7.93. The van der Waals surface area contributed by atoms with Crippen LogP contribution >= 0.6 is 0 Å². The molecule has 0 aliphatic heterocycles. The first-order valence-corrected chi connectivity index (χ1v) is 5.89. The molecule has 1 atom stereocenters. The molecule has 0 bridgehead atoms. The third-order valence-electron chi connectivity index (χ3n) is 2.97. The van der Waals surface area contributed by atoms with Crippen molar-refractivity contribution in [3.8, 4) is 0 Å². The number of hydrogen-bond acceptors (Lipinski definition) is 4. The Morgan fingerprint density at radius 2 is 2.24 bits per heavy atom. The molecule has 1 aromatic heterocycles. The minimum Gasteiger partial charge on any atom is -0.394 e. The molecule has 96 valence electrons. The van der Waals surface area contributed by atoms with Gasteiger partial charge in [0.25, 0.3) is 5.56 Å². The number of anilines is 1. The molecule has 5 nitrogen and oxygen atoms in total. The largest absolute Gasteiger partial charge is 0.394 e. The van der Waals surface area contributed by atoms with E-state index in [2.05, 4.69) is 10.3 Å². The number of hydrogen-bond donors (Lipinski definition) is 2. The Labute approximate surface area is 102 Å². The normalized spacial score (nSPS) is 14.7. The van der Waals surface area contributed by atoms with E-state index in [1.807, 2.05) is 27.7 Å². The van der Waals surface area contributed by atoms with Gasteiger partial charge in [0.15, 0.2) is 5.82 Å². The number of nitrogens with one attached hydrogen (secondary N) is 1. The van der Waals surface area contributed by atoms with Crippen molar-refractivity contribution in [3.63, 3.8) is 0 Å². The highest BCUT2D eigenvalue weighted by atomic mass is 16.3. The summed E-state index contributed by atoms with van der Waals surface area (Å²) in [6.45, 7) is 7.65. The predicted molar refractivity (Wildman–Crippen MR) is 68.3 cm³/mol. The van der Waals surface area contributed by atoms with Gasteiger partial charge in [-0.1, -0.05) is 6.92 Å². The number of rotatable bonds is 5. The summed E-state index contributed by atoms with van der Waals surface area (Å²) in [7, 11) is 0. The van der Waals surface area contributed by atoms with Gasteiger partial charge in [-0.2, -0.15) is 0 Å². The fraction of sp³-hybridized carbons (Fsp3) is 0.667. The van der Waals surface area contributed by atoms with Gasteiger partial charge in [0.1, 0.15) is 0 Å². The zero-order valence-electron chi connectivity index (χ0n) is 10.9. The van der Waals surface area contributed by atoms with E-state index in [0.29, 0.717) is 12.2 Å². The monoisotopic (exact) mass is 239 g/mol. The third-order valence-corrected chi connectivity index (χ3v) is 2.97. The van der Waals surface area contributed by atoms with Gasteiger partial charge >= 0.3 is 0 Å². The smallest absolute Gasteiger partial charge is 0.293 e. The second kappa shape index (κ2) is 5.31. The van der Waals surface area contributed by atoms with Crippen LogP contribution in [0.15, 0.2) is 17.2 Å². The highest BCUT2D eigenvalue weighted by Crippen LogP contribution is 2.13. The Bertz CT molecular complexity index is 422. The first kappa shape index (κ1) is 13.7. The Hall–Kier alpha value is -1.36. The van der Waals surface area contributed by atoms with Crippen LogP contribution in [0, 0.1) is 0 Å². The van der Waals surface area contributed by atoms with Crippen LogP contribution in [-0.2, 0) is 0 Å². The Morgan fingerprint density at radius 1 is 1.59 bits per heavy atom. The molecule has 0 radical (unpaired) electrons. The fourth-order valence-corrected chi connectivity index (χ4v) is 1.44. The van der Waals surface area contributed by atoms with Crippen LogP contribution < -0.4 is 10.9 Å². The summed E-state index contributed by atoms with van der Waals surface area (Å²) in [5.41, 5.74) is -0.668. The minimum atomic E-state index is -0.512. The molecule has 0 amide bonds. The summed E-state index contributed by atoms with van der Waals surface area (Å²) < 4.78 is 1.61. The van der Waals surface area contributed by atoms with Crippen LogP contribution in [0.1, 0.15) is 40.2 Å². The van der Waals surface area contributed by atoms with E-state index in [9.17, 15) is 9.90 Å². The van der Waals surface area contributed by atoms with E-state index in [4.69, 9.17) is 0 Å². The minimum absolute atomic E-state index is 0.0405. The van der Waals surface area contributed by atoms with Crippen molar-refractivity contribution in [3.05, 3.63) is 22.7 Å². The lowest BCUT2D eigenvalue weighted by Crippen LogP contribution is -2.41. The van der Waals surface area contributed by atoms with Crippen LogP contribution in [0.2, 0.25) is 0 Å². The Kier molecular flexibility index (Phi) is 4.28. The number of aliphatic hydroxyl groups is 1. The third kappa shape index (κ3) is 3.06. The van der Waals surface area contributed by atoms with Crippen molar-refractivity contribution in [2.24, 2.45) is 0 Å². The molecule has 1 unspecified atom stereocenters. The van der Waals surface area contributed by atoms with Crippen LogP contribution in [-0.4, -0.2) is 26.8 Å². The number of nitrogens with zero attached hydrogens (tertiary/aromatic N) is 2. The second-order valence-electron chi connectivity index (χ2n) is 4.78. The van der Waals surface area contributed by atoms with E-state index in [1.54, 1.807) is 17.0 Å². The molecule has 0 saturated heterocycles. The van der Waals surface area contributed by atoms with Gasteiger partial charge < -0.3 is 15.0 Å². The molecular formula is C12H21N3O2. The molecular weight excluding hydrogens is 218 g/mol. The molecule has 1 aromatic rings. The SMILES string of the molecule is CCC(C)(CO)Nc1nccn(C(C)C)c1=O. The molecule has 0 saturated carbocycles. The van der Waals surface area contributed by atoms with Crippen molar-refractivity contribution in [2.45, 2.75) is 45.7 Å². The zero-order valence-corrected chi connectivity index (χ0v) is 10.9. The summed E-state index contributed by atoms with van der Waals surface area (Å²) in [4.78, 5) is 16.1. The maximum absolute atomic E-state index is 12.1.